The summed E-state index contributed by atoms with van der Waals surface area (Å²) in [6, 6.07) is 8.82. The molecule has 0 fully saturated rings. The highest BCUT2D eigenvalue weighted by atomic mass is 16.5. The van der Waals surface area contributed by atoms with Crippen molar-refractivity contribution in [2.45, 2.75) is 78.1 Å². The second kappa shape index (κ2) is 17.9. The number of ether oxygens (including phenoxy) is 1. The molecule has 9 atom stereocenters. The number of fused-ring (bicyclic) bond motifs is 1. The van der Waals surface area contributed by atoms with E-state index in [-0.39, 0.29) is 29.1 Å². The molecule has 8 aliphatic rings. The third-order valence-corrected chi connectivity index (χ3v) is 14.5. The lowest BCUT2D eigenvalue weighted by atomic mass is 9.54. The van der Waals surface area contributed by atoms with Crippen molar-refractivity contribution >= 4 is 5.71 Å². The fraction of sp³-hybridized carbons (Fsp3) is 0.339. The minimum Gasteiger partial charge on any atom is -0.457 e. The molecule has 1 aromatic rings. The number of hydrogen-bond donors (Lipinski definition) is 0. The normalized spacial score (nSPS) is 32.3. The Bertz CT molecular complexity index is 2430. The van der Waals surface area contributed by atoms with Crippen molar-refractivity contribution in [3.63, 3.8) is 0 Å². The van der Waals surface area contributed by atoms with Crippen LogP contribution in [0.2, 0.25) is 0 Å². The highest BCUT2D eigenvalue weighted by molar-refractivity contribution is 5.88. The minimum atomic E-state index is -0.274. The molecule has 7 unspecified atom stereocenters. The average Bonchev–Trinajstić information content (AvgIpc) is 3.30. The summed E-state index contributed by atoms with van der Waals surface area (Å²) in [6.07, 6.45) is 61.1. The Morgan fingerprint density at radius 2 is 1.66 bits per heavy atom. The maximum Gasteiger partial charge on any atom is 0.131 e. The van der Waals surface area contributed by atoms with Gasteiger partial charge in [-0.1, -0.05) is 178 Å². The van der Waals surface area contributed by atoms with Gasteiger partial charge < -0.3 is 4.74 Å². The number of aliphatic imine (C=N–C) groups is 1. The summed E-state index contributed by atoms with van der Waals surface area (Å²) in [5.41, 5.74) is 11.7. The van der Waals surface area contributed by atoms with Crippen molar-refractivity contribution in [2.75, 3.05) is 0 Å². The standard InChI is InChI=1S/C59H63NO/c1-6-44(46-32-35-51(36-33-46)59(53-19-11-10-16-41(53)3)54-20-12-14-22-57(54)61-58-23-15-13-21-55(58)59)39-56(49-30-28-48(29-31-49)47-26-24-40(2)25-27-47)60-43(5)52-37-34-50(38-42(52)4)45-17-8-7-9-18-45/h6-12,14-15,17,19-20,22-24,26-30,32-35,37-42,44-45,49,51-52H,1,13,16,18,21,25,31,36H2,2-5H3/b56-39-,60-43+/t40?,41-,42?,44?,45?,49?,51?,52?,59+/m0/s1. The van der Waals surface area contributed by atoms with E-state index in [9.17, 15) is 0 Å². The lowest BCUT2D eigenvalue weighted by molar-refractivity contribution is 0.310. The van der Waals surface area contributed by atoms with Gasteiger partial charge in [-0.3, -0.25) is 4.99 Å². The fourth-order valence-electron chi connectivity index (χ4n) is 11.2. The van der Waals surface area contributed by atoms with E-state index in [1.807, 2.05) is 0 Å². The van der Waals surface area contributed by atoms with Crippen LogP contribution in [0.1, 0.15) is 78.2 Å². The minimum absolute atomic E-state index is 0.0334. The van der Waals surface area contributed by atoms with Crippen molar-refractivity contribution in [3.05, 3.63) is 221 Å². The van der Waals surface area contributed by atoms with E-state index < -0.39 is 0 Å². The van der Waals surface area contributed by atoms with Crippen LogP contribution in [0, 0.1) is 47.3 Å². The quantitative estimate of drug-likeness (QED) is 0.171. The van der Waals surface area contributed by atoms with Gasteiger partial charge in [0.05, 0.1) is 5.41 Å². The Labute approximate surface area is 366 Å². The lowest BCUT2D eigenvalue weighted by Crippen LogP contribution is -2.44. The van der Waals surface area contributed by atoms with E-state index in [0.29, 0.717) is 23.7 Å². The highest BCUT2D eigenvalue weighted by Crippen LogP contribution is 2.59. The summed E-state index contributed by atoms with van der Waals surface area (Å²) in [4.78, 5) is 5.60. The molecule has 0 N–H and O–H groups in total. The van der Waals surface area contributed by atoms with E-state index >= 15 is 0 Å². The monoisotopic (exact) mass is 801 g/mol. The Morgan fingerprint density at radius 3 is 2.38 bits per heavy atom. The summed E-state index contributed by atoms with van der Waals surface area (Å²) in [6.45, 7) is 13.7. The molecule has 310 valence electrons. The highest BCUT2D eigenvalue weighted by Gasteiger charge is 2.52. The zero-order chi connectivity index (χ0) is 41.9. The molecule has 9 rings (SSSR count). The van der Waals surface area contributed by atoms with Gasteiger partial charge in [0.1, 0.15) is 11.5 Å². The van der Waals surface area contributed by atoms with E-state index in [2.05, 4.69) is 198 Å². The zero-order valence-corrected chi connectivity index (χ0v) is 36.7. The third-order valence-electron chi connectivity index (χ3n) is 14.5. The molecule has 1 heterocycles. The molecule has 0 saturated carbocycles. The molecule has 0 spiro atoms. The number of benzene rings is 1. The first-order chi connectivity index (χ1) is 29.8. The summed E-state index contributed by atoms with van der Waals surface area (Å²) < 4.78 is 6.69. The van der Waals surface area contributed by atoms with E-state index in [1.54, 1.807) is 0 Å². The van der Waals surface area contributed by atoms with Gasteiger partial charge in [-0.2, -0.15) is 0 Å². The molecule has 1 aromatic carbocycles. The largest absolute Gasteiger partial charge is 0.457 e. The van der Waals surface area contributed by atoms with Crippen molar-refractivity contribution in [1.29, 1.82) is 0 Å². The van der Waals surface area contributed by atoms with Crippen LogP contribution in [0.25, 0.3) is 0 Å². The first-order valence-corrected chi connectivity index (χ1v) is 23.2. The SMILES string of the molecule is C=CC(/C=C(\N=C(/C)C1C=CC(C2C=CC=CC2)=CC1C)C1C=CC(C2=CCC(C)C=C2)=CC1)C1=CCC([C@]2(C3=CC=CC[C@@H]3C)C3=C(C=CCC3)Oc3ccccc32)C=C1. The number of hydrogen-bond acceptors (Lipinski definition) is 2. The number of nitrogens with zero attached hydrogens (tertiary/aromatic N) is 1. The van der Waals surface area contributed by atoms with Crippen LogP contribution < -0.4 is 4.74 Å². The molecule has 0 saturated heterocycles. The Balaban J connectivity index is 1.05. The lowest BCUT2D eigenvalue weighted by Gasteiger charge is -2.50. The van der Waals surface area contributed by atoms with E-state index in [0.717, 1.165) is 62.2 Å². The van der Waals surface area contributed by atoms with Gasteiger partial charge in [-0.15, -0.1) is 6.58 Å². The maximum atomic E-state index is 6.69. The summed E-state index contributed by atoms with van der Waals surface area (Å²) in [5, 5.41) is 0. The van der Waals surface area contributed by atoms with Crippen LogP contribution in [-0.4, -0.2) is 5.71 Å². The molecule has 0 bridgehead atoms. The van der Waals surface area contributed by atoms with Gasteiger partial charge in [0, 0.05) is 40.6 Å². The Hall–Kier alpha value is -5.47. The van der Waals surface area contributed by atoms with Gasteiger partial charge in [0.25, 0.3) is 0 Å². The Morgan fingerprint density at radius 1 is 0.820 bits per heavy atom. The molecule has 7 aliphatic carbocycles. The number of para-hydroxylation sites is 1. The molecule has 61 heavy (non-hydrogen) atoms. The molecule has 0 radical (unpaired) electrons. The topological polar surface area (TPSA) is 21.6 Å². The molecule has 1 aliphatic heterocycles. The van der Waals surface area contributed by atoms with E-state index in [4.69, 9.17) is 9.73 Å². The number of rotatable bonds is 10. The second-order valence-electron chi connectivity index (χ2n) is 18.5. The van der Waals surface area contributed by atoms with Gasteiger partial charge >= 0.3 is 0 Å². The van der Waals surface area contributed by atoms with Gasteiger partial charge in [0.15, 0.2) is 0 Å². The zero-order valence-electron chi connectivity index (χ0n) is 36.7. The van der Waals surface area contributed by atoms with Gasteiger partial charge in [-0.25, -0.2) is 0 Å². The summed E-state index contributed by atoms with van der Waals surface area (Å²) in [5.74, 6) is 4.62. The van der Waals surface area contributed by atoms with Crippen molar-refractivity contribution < 1.29 is 4.74 Å². The average molecular weight is 802 g/mol. The first kappa shape index (κ1) is 40.9. The Kier molecular flexibility index (Phi) is 12.0. The first-order valence-electron chi connectivity index (χ1n) is 23.2. The molecule has 2 heteroatoms. The molecule has 2 nitrogen and oxygen atoms in total. The predicted molar refractivity (Wildman–Crippen MR) is 258 cm³/mol. The fourth-order valence-corrected chi connectivity index (χ4v) is 11.2. The predicted octanol–water partition coefficient (Wildman–Crippen LogP) is 15.0. The smallest absolute Gasteiger partial charge is 0.131 e. The van der Waals surface area contributed by atoms with Crippen LogP contribution in [0.4, 0.5) is 0 Å². The third kappa shape index (κ3) is 8.07. The van der Waals surface area contributed by atoms with E-state index in [1.165, 1.54) is 44.7 Å². The molecule has 0 aromatic heterocycles. The van der Waals surface area contributed by atoms with Crippen molar-refractivity contribution in [2.24, 2.45) is 52.3 Å². The number of allylic oxidation sites excluding steroid dienone is 29. The van der Waals surface area contributed by atoms with Crippen LogP contribution in [-0.2, 0) is 5.41 Å². The van der Waals surface area contributed by atoms with Crippen LogP contribution >= 0.6 is 0 Å². The molecule has 0 amide bonds. The summed E-state index contributed by atoms with van der Waals surface area (Å²) >= 11 is 0. The maximum absolute atomic E-state index is 6.69. The molecular formula is C59H63NO. The van der Waals surface area contributed by atoms with Crippen LogP contribution in [0.3, 0.4) is 0 Å². The summed E-state index contributed by atoms with van der Waals surface area (Å²) in [7, 11) is 0. The second-order valence-corrected chi connectivity index (χ2v) is 18.5. The van der Waals surface area contributed by atoms with Gasteiger partial charge in [-0.05, 0) is 116 Å². The van der Waals surface area contributed by atoms with Gasteiger partial charge in [0.2, 0.25) is 0 Å². The van der Waals surface area contributed by atoms with Crippen LogP contribution in [0.5, 0.6) is 5.75 Å². The van der Waals surface area contributed by atoms with Crippen molar-refractivity contribution in [1.82, 2.24) is 0 Å². The molecular weight excluding hydrogens is 739 g/mol. The van der Waals surface area contributed by atoms with Crippen molar-refractivity contribution in [3.8, 4) is 5.75 Å². The van der Waals surface area contributed by atoms with Crippen LogP contribution in [0.15, 0.2) is 220 Å².